The zero-order chi connectivity index (χ0) is 14.8. The van der Waals surface area contributed by atoms with Gasteiger partial charge in [0.05, 0.1) is 18.8 Å². The van der Waals surface area contributed by atoms with E-state index in [1.165, 1.54) is 0 Å². The van der Waals surface area contributed by atoms with Gasteiger partial charge in [0.1, 0.15) is 0 Å². The average molecular weight is 306 g/mol. The Labute approximate surface area is 127 Å². The average Bonchev–Trinajstić information content (AvgIpc) is 3.20. The maximum absolute atomic E-state index is 12.0. The lowest BCUT2D eigenvalue weighted by Crippen LogP contribution is -2.11. The number of hydrogen-bond acceptors (Lipinski definition) is 4. The molecule has 1 aliphatic carbocycles. The summed E-state index contributed by atoms with van der Waals surface area (Å²) in [6.07, 6.45) is 2.13. The van der Waals surface area contributed by atoms with Gasteiger partial charge >= 0.3 is 5.97 Å². The normalized spacial score (nSPS) is 14.2. The number of nitrogens with zero attached hydrogens (tertiary/aromatic N) is 3. The summed E-state index contributed by atoms with van der Waals surface area (Å²) in [6.45, 7) is 2.67. The predicted octanol–water partition coefficient (Wildman–Crippen LogP) is 3.03. The Morgan fingerprint density at radius 2 is 2.29 bits per heavy atom. The summed E-state index contributed by atoms with van der Waals surface area (Å²) in [4.78, 5) is 12.0. The molecule has 1 aromatic carbocycles. The van der Waals surface area contributed by atoms with Crippen molar-refractivity contribution in [2.45, 2.75) is 32.2 Å². The minimum atomic E-state index is -0.392. The smallest absolute Gasteiger partial charge is 0.360 e. The number of carbonyl (C=O) groups excluding carboxylic acids is 1. The molecular weight excluding hydrogens is 290 g/mol. The maximum Gasteiger partial charge on any atom is 0.360 e. The Hall–Kier alpha value is -1.88. The van der Waals surface area contributed by atoms with Crippen molar-refractivity contribution in [2.75, 3.05) is 6.61 Å². The van der Waals surface area contributed by atoms with Gasteiger partial charge in [-0.2, -0.15) is 0 Å². The first-order chi connectivity index (χ1) is 10.2. The van der Waals surface area contributed by atoms with E-state index in [9.17, 15) is 4.79 Å². The van der Waals surface area contributed by atoms with Crippen molar-refractivity contribution in [3.63, 3.8) is 0 Å². The zero-order valence-electron chi connectivity index (χ0n) is 11.8. The van der Waals surface area contributed by atoms with Gasteiger partial charge in [0.2, 0.25) is 0 Å². The molecule has 1 saturated carbocycles. The summed E-state index contributed by atoms with van der Waals surface area (Å²) in [6, 6.07) is 7.61. The molecule has 6 heteroatoms. The Bertz CT molecular complexity index is 665. The fraction of sp³-hybridized carbons (Fsp3) is 0.400. The Morgan fingerprint density at radius 3 is 2.95 bits per heavy atom. The van der Waals surface area contributed by atoms with Crippen LogP contribution in [0.1, 0.15) is 47.4 Å². The second-order valence-corrected chi connectivity index (χ2v) is 5.54. The van der Waals surface area contributed by atoms with Crippen LogP contribution in [-0.4, -0.2) is 27.6 Å². The number of hydrogen-bond donors (Lipinski definition) is 0. The van der Waals surface area contributed by atoms with Crippen LogP contribution in [0.4, 0.5) is 0 Å². The second-order valence-electron chi connectivity index (χ2n) is 5.11. The highest BCUT2D eigenvalue weighted by Crippen LogP contribution is 2.41. The first-order valence-electron chi connectivity index (χ1n) is 7.04. The number of ether oxygens (including phenoxy) is 1. The molecular formula is C15H16ClN3O2. The molecule has 1 heterocycles. The topological polar surface area (TPSA) is 57.0 Å². The van der Waals surface area contributed by atoms with Crippen LogP contribution < -0.4 is 0 Å². The summed E-state index contributed by atoms with van der Waals surface area (Å²) in [5, 5.41) is 8.83. The molecule has 2 aromatic rings. The molecule has 0 amide bonds. The van der Waals surface area contributed by atoms with Crippen molar-refractivity contribution >= 4 is 17.6 Å². The van der Waals surface area contributed by atoms with E-state index >= 15 is 0 Å². The number of esters is 1. The lowest BCUT2D eigenvalue weighted by molar-refractivity contribution is 0.0518. The Kier molecular flexibility index (Phi) is 3.92. The van der Waals surface area contributed by atoms with Gasteiger partial charge in [0.15, 0.2) is 5.69 Å². The van der Waals surface area contributed by atoms with E-state index in [4.69, 9.17) is 16.3 Å². The third-order valence-electron chi connectivity index (χ3n) is 3.43. The molecule has 5 nitrogen and oxygen atoms in total. The highest BCUT2D eigenvalue weighted by molar-refractivity contribution is 6.30. The van der Waals surface area contributed by atoms with E-state index in [-0.39, 0.29) is 0 Å². The first kappa shape index (κ1) is 14.1. The number of benzene rings is 1. The molecule has 0 atom stereocenters. The van der Waals surface area contributed by atoms with E-state index in [2.05, 4.69) is 10.3 Å². The van der Waals surface area contributed by atoms with Gasteiger partial charge in [-0.1, -0.05) is 28.9 Å². The van der Waals surface area contributed by atoms with Crippen LogP contribution in [0.2, 0.25) is 5.02 Å². The molecule has 0 spiro atoms. The molecule has 21 heavy (non-hydrogen) atoms. The van der Waals surface area contributed by atoms with Gasteiger partial charge < -0.3 is 4.74 Å². The van der Waals surface area contributed by atoms with E-state index in [1.54, 1.807) is 11.6 Å². The third-order valence-corrected chi connectivity index (χ3v) is 3.66. The highest BCUT2D eigenvalue weighted by Gasteiger charge is 2.34. The molecule has 1 fully saturated rings. The summed E-state index contributed by atoms with van der Waals surface area (Å²) in [5.74, 6) is -0.0321. The van der Waals surface area contributed by atoms with Gasteiger partial charge in [-0.05, 0) is 37.5 Å². The quantitative estimate of drug-likeness (QED) is 0.797. The van der Waals surface area contributed by atoms with Gasteiger partial charge in [-0.15, -0.1) is 5.10 Å². The monoisotopic (exact) mass is 305 g/mol. The standard InChI is InChI=1S/C15H16ClN3O2/c1-2-21-15(20)13-14(11-6-7-11)19(18-17-13)9-10-4-3-5-12(16)8-10/h3-5,8,11H,2,6-7,9H2,1H3. The zero-order valence-corrected chi connectivity index (χ0v) is 12.5. The van der Waals surface area contributed by atoms with E-state index in [1.807, 2.05) is 24.3 Å². The van der Waals surface area contributed by atoms with Crippen molar-refractivity contribution in [2.24, 2.45) is 0 Å². The molecule has 1 aromatic heterocycles. The highest BCUT2D eigenvalue weighted by atomic mass is 35.5. The maximum atomic E-state index is 12.0. The van der Waals surface area contributed by atoms with E-state index in [0.29, 0.717) is 29.8 Å². The largest absolute Gasteiger partial charge is 0.461 e. The van der Waals surface area contributed by atoms with Crippen LogP contribution in [0.5, 0.6) is 0 Å². The molecule has 110 valence electrons. The summed E-state index contributed by atoms with van der Waals surface area (Å²) < 4.78 is 6.84. The van der Waals surface area contributed by atoms with Crippen LogP contribution in [0, 0.1) is 0 Å². The molecule has 0 radical (unpaired) electrons. The predicted molar refractivity (Wildman–Crippen MR) is 78.5 cm³/mol. The number of rotatable bonds is 5. The molecule has 0 aliphatic heterocycles. The van der Waals surface area contributed by atoms with Crippen LogP contribution in [-0.2, 0) is 11.3 Å². The molecule has 3 rings (SSSR count). The first-order valence-corrected chi connectivity index (χ1v) is 7.41. The van der Waals surface area contributed by atoms with E-state index < -0.39 is 5.97 Å². The SMILES string of the molecule is CCOC(=O)c1nnn(Cc2cccc(Cl)c2)c1C1CC1. The summed E-state index contributed by atoms with van der Waals surface area (Å²) in [5.41, 5.74) is 2.26. The Morgan fingerprint density at radius 1 is 1.48 bits per heavy atom. The van der Waals surface area contributed by atoms with Crippen molar-refractivity contribution in [3.05, 3.63) is 46.2 Å². The van der Waals surface area contributed by atoms with Crippen LogP contribution in [0.15, 0.2) is 24.3 Å². The van der Waals surface area contributed by atoms with Crippen molar-refractivity contribution < 1.29 is 9.53 Å². The molecule has 1 aliphatic rings. The van der Waals surface area contributed by atoms with Crippen LogP contribution in [0.3, 0.4) is 0 Å². The fourth-order valence-electron chi connectivity index (χ4n) is 2.35. The number of aromatic nitrogens is 3. The fourth-order valence-corrected chi connectivity index (χ4v) is 2.56. The molecule has 0 bridgehead atoms. The summed E-state index contributed by atoms with van der Waals surface area (Å²) in [7, 11) is 0. The van der Waals surface area contributed by atoms with Gasteiger partial charge in [-0.25, -0.2) is 9.48 Å². The third kappa shape index (κ3) is 3.08. The summed E-state index contributed by atoms with van der Waals surface area (Å²) >= 11 is 6.00. The van der Waals surface area contributed by atoms with E-state index in [0.717, 1.165) is 24.1 Å². The van der Waals surface area contributed by atoms with Crippen molar-refractivity contribution in [1.29, 1.82) is 0 Å². The van der Waals surface area contributed by atoms with Crippen LogP contribution in [0.25, 0.3) is 0 Å². The van der Waals surface area contributed by atoms with Crippen molar-refractivity contribution in [3.8, 4) is 0 Å². The minimum Gasteiger partial charge on any atom is -0.461 e. The molecule has 0 unspecified atom stereocenters. The number of carbonyl (C=O) groups is 1. The lowest BCUT2D eigenvalue weighted by atomic mass is 10.2. The minimum absolute atomic E-state index is 0.337. The molecule has 0 saturated heterocycles. The molecule has 0 N–H and O–H groups in total. The van der Waals surface area contributed by atoms with Gasteiger partial charge in [-0.3, -0.25) is 0 Å². The Balaban J connectivity index is 1.90. The van der Waals surface area contributed by atoms with Gasteiger partial charge in [0.25, 0.3) is 0 Å². The number of halogens is 1. The lowest BCUT2D eigenvalue weighted by Gasteiger charge is -2.07. The second kappa shape index (κ2) is 5.85. The van der Waals surface area contributed by atoms with Crippen molar-refractivity contribution in [1.82, 2.24) is 15.0 Å². The van der Waals surface area contributed by atoms with Crippen LogP contribution >= 0.6 is 11.6 Å². The van der Waals surface area contributed by atoms with Gasteiger partial charge in [0, 0.05) is 10.9 Å².